The van der Waals surface area contributed by atoms with E-state index in [9.17, 15) is 44.1 Å². The smallest absolute Gasteiger partial charge is 0.339 e. The van der Waals surface area contributed by atoms with Gasteiger partial charge in [0.05, 0.1) is 53.2 Å². The van der Waals surface area contributed by atoms with Crippen molar-refractivity contribution >= 4 is 35.8 Å². The van der Waals surface area contributed by atoms with E-state index in [1.165, 1.54) is 0 Å². The number of hydrogen-bond acceptors (Lipinski definition) is 9. The van der Waals surface area contributed by atoms with Gasteiger partial charge in [0, 0.05) is 0 Å². The Morgan fingerprint density at radius 2 is 0.625 bits per heavy atom. The number of benzene rings is 1. The van der Waals surface area contributed by atoms with Gasteiger partial charge < -0.3 is 29.5 Å². The van der Waals surface area contributed by atoms with E-state index in [1.807, 2.05) is 0 Å². The van der Waals surface area contributed by atoms with E-state index in [4.69, 9.17) is 14.2 Å². The molecule has 0 heterocycles. The molecular formula is C36H54O12. The number of carboxylic acid groups (broad SMARTS) is 3. The van der Waals surface area contributed by atoms with Crippen LogP contribution in [0.3, 0.4) is 0 Å². The Hall–Kier alpha value is -3.96. The van der Waals surface area contributed by atoms with Crippen molar-refractivity contribution in [2.45, 2.75) is 119 Å². The maximum Gasteiger partial charge on any atom is 0.339 e. The van der Waals surface area contributed by atoms with Crippen LogP contribution in [0.1, 0.15) is 181 Å². The number of carbonyl (C=O) groups excluding carboxylic acids is 3. The molecule has 0 spiro atoms. The van der Waals surface area contributed by atoms with Crippen LogP contribution in [-0.4, -0.2) is 71.0 Å². The molecular weight excluding hydrogens is 624 g/mol. The van der Waals surface area contributed by atoms with Gasteiger partial charge in [-0.1, -0.05) is 99.3 Å². The van der Waals surface area contributed by atoms with E-state index in [0.717, 1.165) is 38.5 Å². The molecule has 0 fully saturated rings. The lowest BCUT2D eigenvalue weighted by atomic mass is 9.85. The van der Waals surface area contributed by atoms with Crippen molar-refractivity contribution in [1.82, 2.24) is 0 Å². The lowest BCUT2D eigenvalue weighted by Gasteiger charge is -2.20. The minimum absolute atomic E-state index is 0.183. The molecule has 0 radical (unpaired) electrons. The van der Waals surface area contributed by atoms with Gasteiger partial charge >= 0.3 is 35.8 Å². The van der Waals surface area contributed by atoms with E-state index < -0.39 is 69.2 Å². The average molecular weight is 679 g/mol. The zero-order valence-electron chi connectivity index (χ0n) is 29.4. The SMILES string of the molecule is CC(C)CCCCCOC(=O)c1c(C(=O)O)c(C(=O)O)c(C(=O)O)c(C(=O)OCCCCCC(C)C)c1C(=O)OCCCCCC(C)C. The Bertz CT molecular complexity index is 1190. The Labute approximate surface area is 283 Å². The third-order valence-corrected chi connectivity index (χ3v) is 7.73. The Balaban J connectivity index is 3.72. The second-order valence-corrected chi connectivity index (χ2v) is 13.3. The van der Waals surface area contributed by atoms with Crippen LogP contribution in [0.2, 0.25) is 0 Å². The number of ether oxygens (including phenoxy) is 3. The Morgan fingerprint density at radius 3 is 0.854 bits per heavy atom. The van der Waals surface area contributed by atoms with Crippen molar-refractivity contribution in [2.24, 2.45) is 17.8 Å². The standard InChI is InChI=1S/C36H54O12/c1-22(2)16-10-7-13-19-46-34(43)28-26(32(39)40)25(31(37)38)27(33(41)42)29(35(44)47-20-14-8-11-17-23(3)4)30(28)36(45)48-21-15-9-12-18-24(5)6/h22-24H,7-21H2,1-6H3,(H,37,38)(H,39,40)(H,41,42). The number of carboxylic acids is 3. The summed E-state index contributed by atoms with van der Waals surface area (Å²) in [5.41, 5.74) is -7.08. The van der Waals surface area contributed by atoms with Crippen LogP contribution in [0.5, 0.6) is 0 Å². The minimum atomic E-state index is -2.04. The van der Waals surface area contributed by atoms with Crippen LogP contribution < -0.4 is 0 Å². The van der Waals surface area contributed by atoms with Gasteiger partial charge in [-0.25, -0.2) is 28.8 Å². The quantitative estimate of drug-likeness (QED) is 0.0545. The van der Waals surface area contributed by atoms with E-state index >= 15 is 0 Å². The van der Waals surface area contributed by atoms with Crippen molar-refractivity contribution < 1.29 is 58.3 Å². The summed E-state index contributed by atoms with van der Waals surface area (Å²) in [7, 11) is 0. The molecule has 0 unspecified atom stereocenters. The molecule has 0 saturated heterocycles. The fourth-order valence-electron chi connectivity index (χ4n) is 5.21. The highest BCUT2D eigenvalue weighted by Gasteiger charge is 2.42. The summed E-state index contributed by atoms with van der Waals surface area (Å²) in [6.07, 6.45) is 8.56. The molecule has 0 aliphatic carbocycles. The molecule has 12 heteroatoms. The van der Waals surface area contributed by atoms with Crippen LogP contribution in [0.25, 0.3) is 0 Å². The third kappa shape index (κ3) is 14.0. The predicted molar refractivity (Wildman–Crippen MR) is 178 cm³/mol. The highest BCUT2D eigenvalue weighted by Crippen LogP contribution is 2.32. The van der Waals surface area contributed by atoms with Crippen molar-refractivity contribution in [3.8, 4) is 0 Å². The minimum Gasteiger partial charge on any atom is -0.478 e. The van der Waals surface area contributed by atoms with Gasteiger partial charge in [0.15, 0.2) is 0 Å². The Kier molecular flexibility index (Phi) is 19.1. The topological polar surface area (TPSA) is 191 Å². The van der Waals surface area contributed by atoms with Gasteiger partial charge in [-0.05, 0) is 37.0 Å². The first-order chi connectivity index (χ1) is 22.6. The van der Waals surface area contributed by atoms with Crippen molar-refractivity contribution in [2.75, 3.05) is 19.8 Å². The van der Waals surface area contributed by atoms with Crippen LogP contribution >= 0.6 is 0 Å². The maximum absolute atomic E-state index is 13.7. The zero-order chi connectivity index (χ0) is 36.4. The summed E-state index contributed by atoms with van der Waals surface area (Å²) in [5, 5.41) is 30.3. The summed E-state index contributed by atoms with van der Waals surface area (Å²) in [6, 6.07) is 0. The van der Waals surface area contributed by atoms with Gasteiger partial charge in [0.25, 0.3) is 0 Å². The molecule has 0 atom stereocenters. The van der Waals surface area contributed by atoms with Gasteiger partial charge in [-0.15, -0.1) is 0 Å². The number of rotatable bonds is 24. The third-order valence-electron chi connectivity index (χ3n) is 7.73. The number of esters is 3. The average Bonchev–Trinajstić information content (AvgIpc) is 2.99. The number of hydrogen-bond donors (Lipinski definition) is 3. The maximum atomic E-state index is 13.7. The van der Waals surface area contributed by atoms with Crippen molar-refractivity contribution in [3.63, 3.8) is 0 Å². The molecule has 270 valence electrons. The fraction of sp³-hybridized carbons (Fsp3) is 0.667. The van der Waals surface area contributed by atoms with Gasteiger partial charge in [-0.2, -0.15) is 0 Å². The highest BCUT2D eigenvalue weighted by molar-refractivity contribution is 6.23. The molecule has 1 aromatic carbocycles. The predicted octanol–water partition coefficient (Wildman–Crippen LogP) is 7.90. The fourth-order valence-corrected chi connectivity index (χ4v) is 5.21. The van der Waals surface area contributed by atoms with E-state index in [1.54, 1.807) is 0 Å². The first-order valence-electron chi connectivity index (χ1n) is 17.1. The molecule has 12 nitrogen and oxygen atoms in total. The van der Waals surface area contributed by atoms with Crippen LogP contribution in [-0.2, 0) is 14.2 Å². The number of carbonyl (C=O) groups is 6. The molecule has 1 aromatic rings. The van der Waals surface area contributed by atoms with Gasteiger partial charge in [-0.3, -0.25) is 0 Å². The first kappa shape index (κ1) is 42.1. The molecule has 0 aliphatic rings. The summed E-state index contributed by atoms with van der Waals surface area (Å²) in [4.78, 5) is 78.3. The monoisotopic (exact) mass is 678 g/mol. The van der Waals surface area contributed by atoms with Crippen molar-refractivity contribution in [3.05, 3.63) is 33.4 Å². The normalized spacial score (nSPS) is 11.2. The summed E-state index contributed by atoms with van der Waals surface area (Å²) in [6.45, 7) is 11.8. The highest BCUT2D eigenvalue weighted by atomic mass is 16.5. The van der Waals surface area contributed by atoms with E-state index in [0.29, 0.717) is 56.3 Å². The molecule has 48 heavy (non-hydrogen) atoms. The molecule has 0 amide bonds. The van der Waals surface area contributed by atoms with Crippen molar-refractivity contribution in [1.29, 1.82) is 0 Å². The van der Waals surface area contributed by atoms with Crippen LogP contribution in [0, 0.1) is 17.8 Å². The van der Waals surface area contributed by atoms with Crippen LogP contribution in [0.4, 0.5) is 0 Å². The molecule has 3 N–H and O–H groups in total. The zero-order valence-corrected chi connectivity index (χ0v) is 29.4. The van der Waals surface area contributed by atoms with Gasteiger partial charge in [0.1, 0.15) is 0 Å². The second kappa shape index (κ2) is 21.8. The molecule has 0 saturated carbocycles. The van der Waals surface area contributed by atoms with Crippen LogP contribution in [0.15, 0.2) is 0 Å². The largest absolute Gasteiger partial charge is 0.478 e. The Morgan fingerprint density at radius 1 is 0.396 bits per heavy atom. The molecule has 0 aromatic heterocycles. The summed E-state index contributed by atoms with van der Waals surface area (Å²) in [5.74, 6) is -8.82. The van der Waals surface area contributed by atoms with Gasteiger partial charge in [0.2, 0.25) is 0 Å². The van der Waals surface area contributed by atoms with E-state index in [2.05, 4.69) is 41.5 Å². The second-order valence-electron chi connectivity index (χ2n) is 13.3. The van der Waals surface area contributed by atoms with E-state index in [-0.39, 0.29) is 19.8 Å². The summed E-state index contributed by atoms with van der Waals surface area (Å²) < 4.78 is 16.0. The lowest BCUT2D eigenvalue weighted by molar-refractivity contribution is 0.0420. The molecule has 0 bridgehead atoms. The summed E-state index contributed by atoms with van der Waals surface area (Å²) >= 11 is 0. The lowest BCUT2D eigenvalue weighted by Crippen LogP contribution is -2.30. The molecule has 0 aliphatic heterocycles. The first-order valence-corrected chi connectivity index (χ1v) is 17.1. The number of aromatic carboxylic acids is 3. The number of unbranched alkanes of at least 4 members (excludes halogenated alkanes) is 6. The molecule has 1 rings (SSSR count).